The molecule has 2 rings (SSSR count). The van der Waals surface area contributed by atoms with Crippen LogP contribution in [0.15, 0.2) is 24.3 Å². The predicted molar refractivity (Wildman–Crippen MR) is 65.5 cm³/mol. The third-order valence-corrected chi connectivity index (χ3v) is 2.88. The van der Waals surface area contributed by atoms with Gasteiger partial charge in [0.05, 0.1) is 18.4 Å². The summed E-state index contributed by atoms with van der Waals surface area (Å²) in [5.74, 6) is 0.523. The molecule has 7 heteroatoms. The largest absolute Gasteiger partial charge is 0.497 e. The molecule has 0 radical (unpaired) electrons. The molecule has 1 aromatic heterocycles. The number of alkyl halides is 2. The van der Waals surface area contributed by atoms with Crippen molar-refractivity contribution in [3.63, 3.8) is 0 Å². The first kappa shape index (κ1) is 13.5. The summed E-state index contributed by atoms with van der Waals surface area (Å²) < 4.78 is 31.6. The van der Waals surface area contributed by atoms with E-state index < -0.39 is 12.1 Å². The maximum atomic E-state index is 12.8. The maximum Gasteiger partial charge on any atom is 0.282 e. The fourth-order valence-electron chi connectivity index (χ4n) is 1.61. The Morgan fingerprint density at radius 1 is 1.47 bits per heavy atom. The lowest BCUT2D eigenvalue weighted by Crippen LogP contribution is -1.98. The first-order chi connectivity index (χ1) is 9.08. The summed E-state index contributed by atoms with van der Waals surface area (Å²) in [5, 5.41) is 3.52. The third kappa shape index (κ3) is 2.44. The molecule has 0 saturated carbocycles. The first-order valence-electron chi connectivity index (χ1n) is 5.24. The van der Waals surface area contributed by atoms with Gasteiger partial charge in [0.2, 0.25) is 0 Å². The highest BCUT2D eigenvalue weighted by atomic mass is 35.5. The Labute approximate surface area is 112 Å². The molecule has 0 N–H and O–H groups in total. The molecule has 0 unspecified atom stereocenters. The summed E-state index contributed by atoms with van der Waals surface area (Å²) in [4.78, 5) is 10.8. The van der Waals surface area contributed by atoms with E-state index in [1.807, 2.05) is 0 Å². The van der Waals surface area contributed by atoms with E-state index >= 15 is 0 Å². The van der Waals surface area contributed by atoms with Crippen molar-refractivity contribution in [3.05, 3.63) is 40.7 Å². The van der Waals surface area contributed by atoms with Crippen molar-refractivity contribution < 1.29 is 18.3 Å². The molecule has 4 nitrogen and oxygen atoms in total. The number of hydrogen-bond acceptors (Lipinski definition) is 3. The van der Waals surface area contributed by atoms with Gasteiger partial charge in [0.25, 0.3) is 6.43 Å². The zero-order chi connectivity index (χ0) is 14.0. The lowest BCUT2D eigenvalue weighted by atomic mass is 10.3. The molecule has 0 aliphatic rings. The molecule has 1 aromatic carbocycles. The van der Waals surface area contributed by atoms with Gasteiger partial charge in [0, 0.05) is 6.07 Å². The highest BCUT2D eigenvalue weighted by Crippen LogP contribution is 2.29. The van der Waals surface area contributed by atoms with Crippen LogP contribution >= 0.6 is 11.6 Å². The van der Waals surface area contributed by atoms with Crippen LogP contribution in [0.5, 0.6) is 5.75 Å². The number of hydrogen-bond donors (Lipinski definition) is 0. The number of carbonyl (C=O) groups excluding carboxylic acids is 1. The summed E-state index contributed by atoms with van der Waals surface area (Å²) in [6.45, 7) is 0. The van der Waals surface area contributed by atoms with Crippen molar-refractivity contribution >= 4 is 17.9 Å². The molecule has 0 fully saturated rings. The number of aldehydes is 1. The SMILES string of the molecule is COc1cccc(-n2nc(C(F)F)c(C=O)c2Cl)c1. The molecule has 0 spiro atoms. The fraction of sp³-hybridized carbons (Fsp3) is 0.167. The van der Waals surface area contributed by atoms with Gasteiger partial charge in [-0.2, -0.15) is 5.10 Å². The van der Waals surface area contributed by atoms with Crippen molar-refractivity contribution in [2.75, 3.05) is 7.11 Å². The number of ether oxygens (including phenoxy) is 1. The first-order valence-corrected chi connectivity index (χ1v) is 5.62. The van der Waals surface area contributed by atoms with E-state index in [1.165, 1.54) is 7.11 Å². The Bertz CT molecular complexity index is 614. The van der Waals surface area contributed by atoms with Gasteiger partial charge in [-0.25, -0.2) is 13.5 Å². The van der Waals surface area contributed by atoms with Gasteiger partial charge in [-0.1, -0.05) is 17.7 Å². The maximum absolute atomic E-state index is 12.8. The zero-order valence-electron chi connectivity index (χ0n) is 9.81. The Balaban J connectivity index is 2.59. The van der Waals surface area contributed by atoms with E-state index in [0.717, 1.165) is 4.68 Å². The molecular formula is C12H9ClF2N2O2. The lowest BCUT2D eigenvalue weighted by Gasteiger charge is -2.05. The average molecular weight is 287 g/mol. The van der Waals surface area contributed by atoms with Gasteiger partial charge in [-0.05, 0) is 12.1 Å². The van der Waals surface area contributed by atoms with E-state index in [2.05, 4.69) is 5.10 Å². The van der Waals surface area contributed by atoms with Gasteiger partial charge in [-0.3, -0.25) is 4.79 Å². The van der Waals surface area contributed by atoms with E-state index in [1.54, 1.807) is 24.3 Å². The van der Waals surface area contributed by atoms with Gasteiger partial charge in [0.15, 0.2) is 6.29 Å². The van der Waals surface area contributed by atoms with Crippen molar-refractivity contribution in [2.24, 2.45) is 0 Å². The molecule has 0 atom stereocenters. The lowest BCUT2D eigenvalue weighted by molar-refractivity contribution is 0.110. The smallest absolute Gasteiger partial charge is 0.282 e. The molecule has 0 aliphatic carbocycles. The van der Waals surface area contributed by atoms with Crippen LogP contribution in [0.2, 0.25) is 5.15 Å². The van der Waals surface area contributed by atoms with Crippen LogP contribution < -0.4 is 4.74 Å². The second-order valence-corrected chi connectivity index (χ2v) is 3.98. The van der Waals surface area contributed by atoms with E-state index in [0.29, 0.717) is 11.4 Å². The topological polar surface area (TPSA) is 44.1 Å². The minimum Gasteiger partial charge on any atom is -0.497 e. The Morgan fingerprint density at radius 3 is 2.74 bits per heavy atom. The van der Waals surface area contributed by atoms with Crippen LogP contribution in [0.4, 0.5) is 8.78 Å². The molecule has 19 heavy (non-hydrogen) atoms. The Hall–Kier alpha value is -1.95. The average Bonchev–Trinajstić information content (AvgIpc) is 2.76. The minimum atomic E-state index is -2.87. The highest BCUT2D eigenvalue weighted by molar-refractivity contribution is 6.32. The number of aromatic nitrogens is 2. The third-order valence-electron chi connectivity index (χ3n) is 2.51. The number of methoxy groups -OCH3 is 1. The second-order valence-electron chi connectivity index (χ2n) is 3.62. The predicted octanol–water partition coefficient (Wildman–Crippen LogP) is 3.28. The summed E-state index contributed by atoms with van der Waals surface area (Å²) in [7, 11) is 1.48. The van der Waals surface area contributed by atoms with Crippen LogP contribution in [0.1, 0.15) is 22.5 Å². The van der Waals surface area contributed by atoms with Crippen LogP contribution in [0.3, 0.4) is 0 Å². The summed E-state index contributed by atoms with van der Waals surface area (Å²) in [5.41, 5.74) is -0.512. The standard InChI is InChI=1S/C12H9ClF2N2O2/c1-19-8-4-2-3-7(5-8)17-11(13)9(6-18)10(16-17)12(14)15/h2-6,12H,1H3. The monoisotopic (exact) mass is 286 g/mol. The van der Waals surface area contributed by atoms with Gasteiger partial charge in [0.1, 0.15) is 16.6 Å². The van der Waals surface area contributed by atoms with Crippen LogP contribution in [-0.2, 0) is 0 Å². The van der Waals surface area contributed by atoms with Crippen molar-refractivity contribution in [2.45, 2.75) is 6.43 Å². The molecule has 2 aromatic rings. The molecule has 0 saturated heterocycles. The molecule has 0 amide bonds. The van der Waals surface area contributed by atoms with Crippen LogP contribution in [0.25, 0.3) is 5.69 Å². The summed E-state index contributed by atoms with van der Waals surface area (Å²) >= 11 is 5.90. The van der Waals surface area contributed by atoms with E-state index in [4.69, 9.17) is 16.3 Å². The zero-order valence-corrected chi connectivity index (χ0v) is 10.6. The minimum absolute atomic E-state index is 0.154. The van der Waals surface area contributed by atoms with Crippen LogP contribution in [0, 0.1) is 0 Å². The molecule has 1 heterocycles. The number of halogens is 3. The van der Waals surface area contributed by atoms with E-state index in [9.17, 15) is 13.6 Å². The highest BCUT2D eigenvalue weighted by Gasteiger charge is 2.23. The fourth-order valence-corrected chi connectivity index (χ4v) is 1.89. The van der Waals surface area contributed by atoms with Gasteiger partial charge < -0.3 is 4.74 Å². The van der Waals surface area contributed by atoms with E-state index in [-0.39, 0.29) is 17.0 Å². The Kier molecular flexibility index (Phi) is 3.80. The molecule has 0 aliphatic heterocycles. The second kappa shape index (κ2) is 5.36. The number of rotatable bonds is 4. The summed E-state index contributed by atoms with van der Waals surface area (Å²) in [6, 6.07) is 6.54. The van der Waals surface area contributed by atoms with Crippen LogP contribution in [-0.4, -0.2) is 23.2 Å². The van der Waals surface area contributed by atoms with Crippen molar-refractivity contribution in [1.82, 2.24) is 9.78 Å². The molecule has 0 bridgehead atoms. The quantitative estimate of drug-likeness (QED) is 0.810. The van der Waals surface area contributed by atoms with Gasteiger partial charge in [-0.15, -0.1) is 0 Å². The number of nitrogens with zero attached hydrogens (tertiary/aromatic N) is 2. The van der Waals surface area contributed by atoms with Crippen molar-refractivity contribution in [3.8, 4) is 11.4 Å². The molecule has 100 valence electrons. The number of benzene rings is 1. The van der Waals surface area contributed by atoms with Crippen molar-refractivity contribution in [1.29, 1.82) is 0 Å². The Morgan fingerprint density at radius 2 is 2.21 bits per heavy atom. The van der Waals surface area contributed by atoms with Gasteiger partial charge >= 0.3 is 0 Å². The molecular weight excluding hydrogens is 278 g/mol. The number of carbonyl (C=O) groups is 1. The summed E-state index contributed by atoms with van der Waals surface area (Å²) in [6.07, 6.45) is -2.60. The normalized spacial score (nSPS) is 10.8.